The Bertz CT molecular complexity index is 643. The van der Waals surface area contributed by atoms with Crippen LogP contribution in [0.25, 0.3) is 0 Å². The van der Waals surface area contributed by atoms with E-state index in [1.54, 1.807) is 19.5 Å². The molecule has 1 aromatic carbocycles. The van der Waals surface area contributed by atoms with Crippen LogP contribution in [0.2, 0.25) is 0 Å². The van der Waals surface area contributed by atoms with Gasteiger partial charge >= 0.3 is 0 Å². The van der Waals surface area contributed by atoms with Crippen LogP contribution in [0, 0.1) is 5.92 Å². The number of anilines is 1. The molecule has 0 radical (unpaired) electrons. The highest BCUT2D eigenvalue weighted by Gasteiger charge is 2.39. The summed E-state index contributed by atoms with van der Waals surface area (Å²) in [4.78, 5) is 11.1. The van der Waals surface area contributed by atoms with E-state index < -0.39 is 0 Å². The van der Waals surface area contributed by atoms with E-state index in [9.17, 15) is 0 Å². The Hall–Kier alpha value is -2.14. The average molecular weight is 311 g/mol. The topological polar surface area (TPSA) is 47.5 Å². The molecule has 2 aromatic rings. The number of hydrogen-bond acceptors (Lipinski definition) is 5. The molecule has 2 aliphatic rings. The van der Waals surface area contributed by atoms with E-state index in [0.717, 1.165) is 19.0 Å². The van der Waals surface area contributed by atoms with E-state index in [1.807, 2.05) is 6.07 Å². The molecule has 0 bridgehead atoms. The molecule has 1 saturated heterocycles. The first kappa shape index (κ1) is 14.5. The summed E-state index contributed by atoms with van der Waals surface area (Å²) in [6.07, 6.45) is 6.32. The second kappa shape index (κ2) is 6.16. The summed E-state index contributed by atoms with van der Waals surface area (Å²) in [5.74, 6) is 2.11. The second-order valence-electron chi connectivity index (χ2n) is 6.24. The van der Waals surface area contributed by atoms with Gasteiger partial charge in [-0.1, -0.05) is 30.3 Å². The highest BCUT2D eigenvalue weighted by atomic mass is 16.5. The van der Waals surface area contributed by atoms with Crippen molar-refractivity contribution in [2.75, 3.05) is 25.1 Å². The number of ether oxygens (including phenoxy) is 2. The van der Waals surface area contributed by atoms with Crippen molar-refractivity contribution in [3.63, 3.8) is 0 Å². The van der Waals surface area contributed by atoms with E-state index in [0.29, 0.717) is 11.7 Å². The fourth-order valence-corrected chi connectivity index (χ4v) is 3.11. The maximum Gasteiger partial charge on any atom is 0.225 e. The van der Waals surface area contributed by atoms with Gasteiger partial charge in [-0.2, -0.15) is 0 Å². The normalized spacial score (nSPS) is 24.5. The number of hydrogen-bond donors (Lipinski definition) is 0. The Morgan fingerprint density at radius 2 is 1.83 bits per heavy atom. The summed E-state index contributed by atoms with van der Waals surface area (Å²) in [6, 6.07) is 10.4. The number of aromatic nitrogens is 2. The first-order valence-corrected chi connectivity index (χ1v) is 8.15. The number of methoxy groups -OCH3 is 1. The van der Waals surface area contributed by atoms with Crippen LogP contribution in [-0.4, -0.2) is 36.3 Å². The summed E-state index contributed by atoms with van der Waals surface area (Å²) < 4.78 is 11.5. The van der Waals surface area contributed by atoms with Gasteiger partial charge in [0, 0.05) is 6.54 Å². The molecule has 23 heavy (non-hydrogen) atoms. The molecule has 4 rings (SSSR count). The van der Waals surface area contributed by atoms with Crippen molar-refractivity contribution in [1.82, 2.24) is 9.97 Å². The summed E-state index contributed by atoms with van der Waals surface area (Å²) in [7, 11) is 1.63. The molecular weight excluding hydrogens is 290 g/mol. The Kier molecular flexibility index (Phi) is 3.87. The zero-order valence-corrected chi connectivity index (χ0v) is 13.3. The van der Waals surface area contributed by atoms with E-state index in [4.69, 9.17) is 9.47 Å². The lowest BCUT2D eigenvalue weighted by Gasteiger charge is -2.38. The van der Waals surface area contributed by atoms with E-state index in [2.05, 4.69) is 39.1 Å². The molecule has 2 heterocycles. The van der Waals surface area contributed by atoms with Gasteiger partial charge in [-0.25, -0.2) is 9.97 Å². The van der Waals surface area contributed by atoms with Crippen LogP contribution in [0.15, 0.2) is 42.7 Å². The summed E-state index contributed by atoms with van der Waals surface area (Å²) in [5, 5.41) is 0. The zero-order valence-electron chi connectivity index (χ0n) is 13.3. The van der Waals surface area contributed by atoms with Crippen LogP contribution in [0.1, 0.15) is 24.5 Å². The predicted octanol–water partition coefficient (Wildman–Crippen LogP) is 2.84. The predicted molar refractivity (Wildman–Crippen MR) is 87.6 cm³/mol. The minimum atomic E-state index is 0.0706. The lowest BCUT2D eigenvalue weighted by atomic mass is 10.1. The van der Waals surface area contributed by atoms with Crippen molar-refractivity contribution in [3.05, 3.63) is 48.3 Å². The molecule has 0 spiro atoms. The van der Waals surface area contributed by atoms with Gasteiger partial charge in [-0.15, -0.1) is 0 Å². The van der Waals surface area contributed by atoms with E-state index in [1.165, 1.54) is 18.4 Å². The maximum absolute atomic E-state index is 6.37. The first-order chi connectivity index (χ1) is 11.3. The molecule has 5 heteroatoms. The fraction of sp³-hybridized carbons (Fsp3) is 0.444. The van der Waals surface area contributed by atoms with Crippen LogP contribution in [0.5, 0.6) is 5.75 Å². The number of morpholine rings is 1. The average Bonchev–Trinajstić information content (AvgIpc) is 3.47. The Balaban J connectivity index is 1.57. The van der Waals surface area contributed by atoms with E-state index >= 15 is 0 Å². The zero-order chi connectivity index (χ0) is 15.6. The largest absolute Gasteiger partial charge is 0.494 e. The third-order valence-electron chi connectivity index (χ3n) is 4.58. The Morgan fingerprint density at radius 3 is 2.48 bits per heavy atom. The van der Waals surface area contributed by atoms with Crippen molar-refractivity contribution in [3.8, 4) is 5.75 Å². The number of rotatable bonds is 4. The lowest BCUT2D eigenvalue weighted by molar-refractivity contribution is -0.0389. The third kappa shape index (κ3) is 3.15. The lowest BCUT2D eigenvalue weighted by Crippen LogP contribution is -2.45. The quantitative estimate of drug-likeness (QED) is 0.869. The summed E-state index contributed by atoms with van der Waals surface area (Å²) in [6.45, 7) is 1.64. The standard InChI is InChI=1S/C18H21N3O2/c1-22-15-9-19-18(20-10-15)21-11-16(13-5-3-2-4-6-13)23-17(12-21)14-7-8-14/h2-6,9-10,14,16-17H,7-8,11-12H2,1H3/t16-,17+/m0/s1. The van der Waals surface area contributed by atoms with Crippen molar-refractivity contribution in [2.24, 2.45) is 5.92 Å². The molecule has 1 aliphatic heterocycles. The van der Waals surface area contributed by atoms with Crippen molar-refractivity contribution < 1.29 is 9.47 Å². The maximum atomic E-state index is 6.37. The minimum absolute atomic E-state index is 0.0706. The second-order valence-corrected chi connectivity index (χ2v) is 6.24. The molecule has 2 fully saturated rings. The SMILES string of the molecule is COc1cnc(N2C[C@@H](c3ccccc3)O[C@@H](C3CC3)C2)nc1. The molecule has 1 saturated carbocycles. The van der Waals surface area contributed by atoms with Crippen molar-refractivity contribution >= 4 is 5.95 Å². The molecule has 5 nitrogen and oxygen atoms in total. The van der Waals surface area contributed by atoms with Crippen LogP contribution in [0.4, 0.5) is 5.95 Å². The van der Waals surface area contributed by atoms with Gasteiger partial charge in [0.1, 0.15) is 6.10 Å². The summed E-state index contributed by atoms with van der Waals surface area (Å²) in [5.41, 5.74) is 1.22. The minimum Gasteiger partial charge on any atom is -0.494 e. The van der Waals surface area contributed by atoms with Gasteiger partial charge in [0.15, 0.2) is 5.75 Å². The number of nitrogens with zero attached hydrogens (tertiary/aromatic N) is 3. The van der Waals surface area contributed by atoms with Crippen LogP contribution in [0.3, 0.4) is 0 Å². The highest BCUT2D eigenvalue weighted by molar-refractivity contribution is 5.34. The van der Waals surface area contributed by atoms with Crippen LogP contribution >= 0.6 is 0 Å². The molecule has 1 aromatic heterocycles. The molecule has 0 N–H and O–H groups in total. The molecule has 120 valence electrons. The highest BCUT2D eigenvalue weighted by Crippen LogP contribution is 2.40. The fourth-order valence-electron chi connectivity index (χ4n) is 3.11. The molecule has 0 amide bonds. The molecule has 2 atom stereocenters. The Labute approximate surface area is 136 Å². The van der Waals surface area contributed by atoms with Crippen LogP contribution in [-0.2, 0) is 4.74 Å². The van der Waals surface area contributed by atoms with Gasteiger partial charge in [-0.3, -0.25) is 0 Å². The van der Waals surface area contributed by atoms with E-state index in [-0.39, 0.29) is 12.2 Å². The Morgan fingerprint density at radius 1 is 1.09 bits per heavy atom. The van der Waals surface area contributed by atoms with Crippen molar-refractivity contribution in [1.29, 1.82) is 0 Å². The van der Waals surface area contributed by atoms with Gasteiger partial charge < -0.3 is 14.4 Å². The molecular formula is C18H21N3O2. The summed E-state index contributed by atoms with van der Waals surface area (Å²) >= 11 is 0. The van der Waals surface area contributed by atoms with Gasteiger partial charge in [0.25, 0.3) is 0 Å². The van der Waals surface area contributed by atoms with Crippen LogP contribution < -0.4 is 9.64 Å². The number of benzene rings is 1. The molecule has 0 unspecified atom stereocenters. The molecule has 1 aliphatic carbocycles. The van der Waals surface area contributed by atoms with Gasteiger partial charge in [-0.05, 0) is 24.3 Å². The van der Waals surface area contributed by atoms with Gasteiger partial charge in [0.2, 0.25) is 5.95 Å². The monoisotopic (exact) mass is 311 g/mol. The van der Waals surface area contributed by atoms with Gasteiger partial charge in [0.05, 0.1) is 32.2 Å². The third-order valence-corrected chi connectivity index (χ3v) is 4.58. The smallest absolute Gasteiger partial charge is 0.225 e. The first-order valence-electron chi connectivity index (χ1n) is 8.15. The van der Waals surface area contributed by atoms with Crippen molar-refractivity contribution in [2.45, 2.75) is 25.0 Å².